The number of amides is 2. The van der Waals surface area contributed by atoms with E-state index >= 15 is 0 Å². The summed E-state index contributed by atoms with van der Waals surface area (Å²) in [6.45, 7) is 2.81. The molecule has 0 aromatic heterocycles. The second-order valence-corrected chi connectivity index (χ2v) is 11.5. The lowest BCUT2D eigenvalue weighted by Gasteiger charge is -2.15. The molecular formula is C39H42N2O8. The number of aliphatic carboxylic acids is 1. The minimum atomic E-state index is -1.21. The summed E-state index contributed by atoms with van der Waals surface area (Å²) in [5.41, 5.74) is 2.52. The van der Waals surface area contributed by atoms with Gasteiger partial charge in [0.05, 0.1) is 25.7 Å². The zero-order valence-corrected chi connectivity index (χ0v) is 27.8. The van der Waals surface area contributed by atoms with Gasteiger partial charge in [0.1, 0.15) is 23.3 Å². The smallest absolute Gasteiger partial charge is 0.343 e. The van der Waals surface area contributed by atoms with Crippen LogP contribution < -0.4 is 24.8 Å². The minimum Gasteiger partial charge on any atom is -0.497 e. The second kappa shape index (κ2) is 18.6. The molecule has 10 heteroatoms. The number of ether oxygens (including phenoxy) is 3. The molecule has 0 saturated heterocycles. The fourth-order valence-electron chi connectivity index (χ4n) is 5.00. The third kappa shape index (κ3) is 11.8. The largest absolute Gasteiger partial charge is 0.497 e. The Morgan fingerprint density at radius 1 is 0.735 bits per heavy atom. The van der Waals surface area contributed by atoms with E-state index in [1.54, 1.807) is 86.0 Å². The summed E-state index contributed by atoms with van der Waals surface area (Å²) in [4.78, 5) is 50.0. The van der Waals surface area contributed by atoms with Gasteiger partial charge in [-0.05, 0) is 90.3 Å². The monoisotopic (exact) mass is 666 g/mol. The average molecular weight is 667 g/mol. The first kappa shape index (κ1) is 36.2. The van der Waals surface area contributed by atoms with E-state index < -0.39 is 23.9 Å². The van der Waals surface area contributed by atoms with Crippen molar-refractivity contribution >= 4 is 29.4 Å². The molecule has 0 aliphatic rings. The molecule has 2 amide bonds. The zero-order chi connectivity index (χ0) is 35.0. The van der Waals surface area contributed by atoms with E-state index in [0.29, 0.717) is 40.7 Å². The van der Waals surface area contributed by atoms with E-state index in [1.807, 2.05) is 6.07 Å². The fourth-order valence-corrected chi connectivity index (χ4v) is 5.00. The molecule has 0 spiro atoms. The lowest BCUT2D eigenvalue weighted by Crippen LogP contribution is -2.42. The fraction of sp³-hybridized carbons (Fsp3) is 0.282. The number of rotatable bonds is 18. The highest BCUT2D eigenvalue weighted by atomic mass is 16.5. The van der Waals surface area contributed by atoms with Crippen LogP contribution in [-0.4, -0.2) is 48.6 Å². The molecule has 49 heavy (non-hydrogen) atoms. The van der Waals surface area contributed by atoms with Gasteiger partial charge in [0, 0.05) is 17.7 Å². The van der Waals surface area contributed by atoms with Gasteiger partial charge in [0.15, 0.2) is 0 Å². The summed E-state index contributed by atoms with van der Waals surface area (Å²) in [6.07, 6.45) is 5.91. The number of carboxylic acid groups (broad SMARTS) is 1. The number of hydrogen-bond acceptors (Lipinski definition) is 7. The van der Waals surface area contributed by atoms with Crippen molar-refractivity contribution in [2.45, 2.75) is 57.9 Å². The van der Waals surface area contributed by atoms with Crippen molar-refractivity contribution in [3.8, 4) is 17.2 Å². The SMILES string of the molecule is CCCCCCCOc1ccc(C(=O)Oc2ccc(C[C@H](NC(=O)c3ccc(NC(=O)Cc4cccc(OC)c4)cc3)C(=O)O)cc2)cc1. The highest BCUT2D eigenvalue weighted by Gasteiger charge is 2.21. The van der Waals surface area contributed by atoms with E-state index in [4.69, 9.17) is 14.2 Å². The highest BCUT2D eigenvalue weighted by Crippen LogP contribution is 2.19. The molecule has 4 aromatic rings. The Hall–Kier alpha value is -5.64. The molecule has 0 aliphatic carbocycles. The van der Waals surface area contributed by atoms with E-state index in [9.17, 15) is 24.3 Å². The zero-order valence-electron chi connectivity index (χ0n) is 27.8. The number of carbonyl (C=O) groups excluding carboxylic acids is 3. The molecule has 4 aromatic carbocycles. The standard InChI is InChI=1S/C39H42N2O8/c1-3-4-5-6-7-23-48-32-21-15-30(16-22-32)39(46)49-33-19-11-27(12-20-33)25-35(38(44)45)41-37(43)29-13-17-31(18-14-29)40-36(42)26-28-9-8-10-34(24-28)47-2/h8-22,24,35H,3-7,23,25-26H2,1-2H3,(H,40,42)(H,41,43)(H,44,45)/t35-/m0/s1. The van der Waals surface area contributed by atoms with Gasteiger partial charge in [-0.25, -0.2) is 9.59 Å². The van der Waals surface area contributed by atoms with Crippen LogP contribution in [0.15, 0.2) is 97.1 Å². The molecule has 0 radical (unpaired) electrons. The molecule has 0 aliphatic heterocycles. The first-order valence-corrected chi connectivity index (χ1v) is 16.3. The minimum absolute atomic E-state index is 0.00772. The van der Waals surface area contributed by atoms with E-state index in [0.717, 1.165) is 18.4 Å². The lowest BCUT2D eigenvalue weighted by molar-refractivity contribution is -0.139. The molecule has 4 rings (SSSR count). The predicted molar refractivity (Wildman–Crippen MR) is 186 cm³/mol. The normalized spacial score (nSPS) is 11.2. The van der Waals surface area contributed by atoms with Gasteiger partial charge in [-0.1, -0.05) is 56.9 Å². The Labute approximate surface area is 286 Å². The van der Waals surface area contributed by atoms with E-state index in [2.05, 4.69) is 17.6 Å². The second-order valence-electron chi connectivity index (χ2n) is 11.5. The van der Waals surface area contributed by atoms with Crippen molar-refractivity contribution in [2.75, 3.05) is 19.0 Å². The average Bonchev–Trinajstić information content (AvgIpc) is 3.10. The Balaban J connectivity index is 1.24. The summed E-state index contributed by atoms with van der Waals surface area (Å²) in [5.74, 6) is -0.891. The predicted octanol–water partition coefficient (Wildman–Crippen LogP) is 6.87. The van der Waals surface area contributed by atoms with Crippen LogP contribution in [0.3, 0.4) is 0 Å². The quantitative estimate of drug-likeness (QED) is 0.0594. The number of nitrogens with one attached hydrogen (secondary N) is 2. The van der Waals surface area contributed by atoms with Crippen molar-refractivity contribution in [2.24, 2.45) is 0 Å². The number of carboxylic acids is 1. The lowest BCUT2D eigenvalue weighted by atomic mass is 10.0. The van der Waals surface area contributed by atoms with Crippen molar-refractivity contribution in [3.05, 3.63) is 119 Å². The van der Waals surface area contributed by atoms with Crippen LogP contribution in [0, 0.1) is 0 Å². The molecule has 0 heterocycles. The number of benzene rings is 4. The Kier molecular flexibility index (Phi) is 13.8. The number of hydrogen-bond donors (Lipinski definition) is 3. The van der Waals surface area contributed by atoms with Gasteiger partial charge in [-0.2, -0.15) is 0 Å². The topological polar surface area (TPSA) is 140 Å². The molecule has 0 bridgehead atoms. The Morgan fingerprint density at radius 2 is 1.41 bits per heavy atom. The summed E-state index contributed by atoms with van der Waals surface area (Å²) in [5, 5.41) is 15.1. The third-order valence-electron chi connectivity index (χ3n) is 7.71. The summed E-state index contributed by atoms with van der Waals surface area (Å²) in [7, 11) is 1.56. The summed E-state index contributed by atoms with van der Waals surface area (Å²) < 4.78 is 16.4. The molecule has 0 unspecified atom stereocenters. The Bertz CT molecular complexity index is 1690. The molecule has 3 N–H and O–H groups in total. The maximum absolute atomic E-state index is 12.9. The van der Waals surface area contributed by atoms with Gasteiger partial charge in [-0.15, -0.1) is 0 Å². The molecule has 256 valence electrons. The van der Waals surface area contributed by atoms with Gasteiger partial charge in [0.2, 0.25) is 5.91 Å². The van der Waals surface area contributed by atoms with Crippen molar-refractivity contribution < 1.29 is 38.5 Å². The van der Waals surface area contributed by atoms with Crippen molar-refractivity contribution in [3.63, 3.8) is 0 Å². The maximum Gasteiger partial charge on any atom is 0.343 e. The first-order valence-electron chi connectivity index (χ1n) is 16.3. The Morgan fingerprint density at radius 3 is 2.08 bits per heavy atom. The van der Waals surface area contributed by atoms with Crippen molar-refractivity contribution in [1.82, 2.24) is 5.32 Å². The van der Waals surface area contributed by atoms with E-state index in [1.165, 1.54) is 31.4 Å². The number of methoxy groups -OCH3 is 1. The molecule has 0 fully saturated rings. The number of anilines is 1. The number of carbonyl (C=O) groups is 4. The summed E-state index contributed by atoms with van der Waals surface area (Å²) in [6, 6.07) is 25.4. The first-order chi connectivity index (χ1) is 23.7. The van der Waals surface area contributed by atoms with Gasteiger partial charge >= 0.3 is 11.9 Å². The van der Waals surface area contributed by atoms with Crippen LogP contribution in [0.25, 0.3) is 0 Å². The van der Waals surface area contributed by atoms with Gasteiger partial charge < -0.3 is 30.0 Å². The van der Waals surface area contributed by atoms with Crippen LogP contribution in [0.1, 0.15) is 70.9 Å². The van der Waals surface area contributed by atoms with Gasteiger partial charge in [-0.3, -0.25) is 9.59 Å². The van der Waals surface area contributed by atoms with Crippen LogP contribution in [-0.2, 0) is 22.4 Å². The number of esters is 1. The summed E-state index contributed by atoms with van der Waals surface area (Å²) >= 11 is 0. The molecule has 10 nitrogen and oxygen atoms in total. The molecule has 1 atom stereocenters. The molecular weight excluding hydrogens is 624 g/mol. The van der Waals surface area contributed by atoms with E-state index in [-0.39, 0.29) is 24.3 Å². The molecule has 0 saturated carbocycles. The van der Waals surface area contributed by atoms with Crippen LogP contribution in [0.5, 0.6) is 17.2 Å². The van der Waals surface area contributed by atoms with Crippen molar-refractivity contribution in [1.29, 1.82) is 0 Å². The van der Waals surface area contributed by atoms with Crippen LogP contribution in [0.2, 0.25) is 0 Å². The van der Waals surface area contributed by atoms with Gasteiger partial charge in [0.25, 0.3) is 5.91 Å². The number of unbranched alkanes of at least 4 members (excludes halogenated alkanes) is 4. The van der Waals surface area contributed by atoms with Crippen LogP contribution >= 0.6 is 0 Å². The maximum atomic E-state index is 12.9. The highest BCUT2D eigenvalue weighted by molar-refractivity contribution is 5.98. The van der Waals surface area contributed by atoms with Crippen LogP contribution in [0.4, 0.5) is 5.69 Å². The third-order valence-corrected chi connectivity index (χ3v) is 7.71.